The van der Waals surface area contributed by atoms with Crippen molar-refractivity contribution in [1.82, 2.24) is 0 Å². The van der Waals surface area contributed by atoms with Crippen LogP contribution in [0.15, 0.2) is 18.2 Å². The van der Waals surface area contributed by atoms with E-state index in [1.165, 1.54) is 0 Å². The van der Waals surface area contributed by atoms with E-state index < -0.39 is 5.97 Å². The van der Waals surface area contributed by atoms with Gasteiger partial charge in [-0.1, -0.05) is 12.1 Å². The van der Waals surface area contributed by atoms with Crippen LogP contribution in [-0.2, 0) is 4.79 Å². The molecule has 0 bridgehead atoms. The summed E-state index contributed by atoms with van der Waals surface area (Å²) in [7, 11) is 0. The van der Waals surface area contributed by atoms with Gasteiger partial charge in [0.15, 0.2) is 6.61 Å². The Morgan fingerprint density at radius 2 is 2.15 bits per heavy atom. The van der Waals surface area contributed by atoms with Gasteiger partial charge in [0.1, 0.15) is 5.75 Å². The molecule has 0 unspecified atom stereocenters. The van der Waals surface area contributed by atoms with Crippen LogP contribution in [0, 0.1) is 13.8 Å². The van der Waals surface area contributed by atoms with Crippen molar-refractivity contribution in [3.63, 3.8) is 0 Å². The SMILES string of the molecule is Cc1ccc(C)c(OCC(=O)O)c1. The lowest BCUT2D eigenvalue weighted by Crippen LogP contribution is -2.10. The number of aliphatic carboxylic acids is 1. The first-order valence-corrected chi connectivity index (χ1v) is 4.01. The summed E-state index contributed by atoms with van der Waals surface area (Å²) in [6, 6.07) is 5.70. The molecule has 0 radical (unpaired) electrons. The van der Waals surface area contributed by atoms with Crippen LogP contribution < -0.4 is 4.74 Å². The molecule has 0 spiro atoms. The zero-order chi connectivity index (χ0) is 9.84. The van der Waals surface area contributed by atoms with Gasteiger partial charge in [0, 0.05) is 0 Å². The highest BCUT2D eigenvalue weighted by molar-refractivity contribution is 5.68. The molecule has 0 atom stereocenters. The van der Waals surface area contributed by atoms with Gasteiger partial charge in [-0.05, 0) is 31.0 Å². The highest BCUT2D eigenvalue weighted by Gasteiger charge is 2.02. The van der Waals surface area contributed by atoms with Crippen LogP contribution in [-0.4, -0.2) is 17.7 Å². The fraction of sp³-hybridized carbons (Fsp3) is 0.300. The van der Waals surface area contributed by atoms with Gasteiger partial charge in [-0.25, -0.2) is 4.79 Å². The third-order valence-corrected chi connectivity index (χ3v) is 1.69. The van der Waals surface area contributed by atoms with Gasteiger partial charge < -0.3 is 9.84 Å². The van der Waals surface area contributed by atoms with E-state index in [0.29, 0.717) is 5.75 Å². The zero-order valence-corrected chi connectivity index (χ0v) is 7.70. The number of rotatable bonds is 3. The van der Waals surface area contributed by atoms with Crippen molar-refractivity contribution < 1.29 is 14.6 Å². The summed E-state index contributed by atoms with van der Waals surface area (Å²) in [4.78, 5) is 10.2. The Hall–Kier alpha value is -1.51. The Morgan fingerprint density at radius 1 is 1.46 bits per heavy atom. The molecule has 3 nitrogen and oxygen atoms in total. The number of carboxylic acid groups (broad SMARTS) is 1. The summed E-state index contributed by atoms with van der Waals surface area (Å²) in [5.74, 6) is -0.316. The molecule has 0 aromatic heterocycles. The summed E-state index contributed by atoms with van der Waals surface area (Å²) in [6.45, 7) is 3.54. The highest BCUT2D eigenvalue weighted by atomic mass is 16.5. The lowest BCUT2D eigenvalue weighted by molar-refractivity contribution is -0.139. The monoisotopic (exact) mass is 180 g/mol. The van der Waals surface area contributed by atoms with Crippen molar-refractivity contribution in [2.45, 2.75) is 13.8 Å². The van der Waals surface area contributed by atoms with E-state index in [0.717, 1.165) is 11.1 Å². The Kier molecular flexibility index (Phi) is 2.90. The summed E-state index contributed by atoms with van der Waals surface area (Å²) < 4.78 is 5.08. The summed E-state index contributed by atoms with van der Waals surface area (Å²) in [6.07, 6.45) is 0. The number of benzene rings is 1. The normalized spacial score (nSPS) is 9.69. The first-order chi connectivity index (χ1) is 6.09. The summed E-state index contributed by atoms with van der Waals surface area (Å²) in [5, 5.41) is 8.41. The van der Waals surface area contributed by atoms with Crippen molar-refractivity contribution in [2.24, 2.45) is 0 Å². The average Bonchev–Trinajstić information content (AvgIpc) is 2.06. The van der Waals surface area contributed by atoms with E-state index in [2.05, 4.69) is 0 Å². The fourth-order valence-electron chi connectivity index (χ4n) is 1.00. The highest BCUT2D eigenvalue weighted by Crippen LogP contribution is 2.18. The van der Waals surface area contributed by atoms with Gasteiger partial charge in [0.25, 0.3) is 0 Å². The van der Waals surface area contributed by atoms with Crippen LogP contribution in [0.4, 0.5) is 0 Å². The first-order valence-electron chi connectivity index (χ1n) is 4.01. The number of hydrogen-bond acceptors (Lipinski definition) is 2. The van der Waals surface area contributed by atoms with Crippen LogP contribution in [0.5, 0.6) is 5.75 Å². The minimum atomic E-state index is -0.957. The number of carbonyl (C=O) groups is 1. The van der Waals surface area contributed by atoms with E-state index in [9.17, 15) is 4.79 Å². The van der Waals surface area contributed by atoms with Crippen molar-refractivity contribution >= 4 is 5.97 Å². The lowest BCUT2D eigenvalue weighted by atomic mass is 10.1. The summed E-state index contributed by atoms with van der Waals surface area (Å²) >= 11 is 0. The average molecular weight is 180 g/mol. The molecule has 1 aromatic rings. The van der Waals surface area contributed by atoms with E-state index in [1.807, 2.05) is 32.0 Å². The molecule has 0 fully saturated rings. The van der Waals surface area contributed by atoms with Crippen molar-refractivity contribution in [3.8, 4) is 5.75 Å². The second-order valence-electron chi connectivity index (χ2n) is 2.95. The van der Waals surface area contributed by atoms with Gasteiger partial charge in [-0.3, -0.25) is 0 Å². The van der Waals surface area contributed by atoms with Crippen LogP contribution in [0.3, 0.4) is 0 Å². The summed E-state index contributed by atoms with van der Waals surface area (Å²) in [5.41, 5.74) is 2.01. The third kappa shape index (κ3) is 2.78. The molecule has 1 rings (SSSR count). The molecular weight excluding hydrogens is 168 g/mol. The molecule has 0 aliphatic heterocycles. The van der Waals surface area contributed by atoms with E-state index in [1.54, 1.807) is 0 Å². The number of hydrogen-bond donors (Lipinski definition) is 1. The van der Waals surface area contributed by atoms with Gasteiger partial charge in [0.05, 0.1) is 0 Å². The number of ether oxygens (including phenoxy) is 1. The molecule has 0 aliphatic rings. The largest absolute Gasteiger partial charge is 0.482 e. The van der Waals surface area contributed by atoms with Crippen molar-refractivity contribution in [3.05, 3.63) is 29.3 Å². The third-order valence-electron chi connectivity index (χ3n) is 1.69. The lowest BCUT2D eigenvalue weighted by Gasteiger charge is -2.07. The molecule has 70 valence electrons. The maximum absolute atomic E-state index is 10.2. The van der Waals surface area contributed by atoms with Gasteiger partial charge in [-0.15, -0.1) is 0 Å². The van der Waals surface area contributed by atoms with Gasteiger partial charge in [0.2, 0.25) is 0 Å². The van der Waals surface area contributed by atoms with E-state index in [-0.39, 0.29) is 6.61 Å². The number of aryl methyl sites for hydroxylation is 2. The fourth-order valence-corrected chi connectivity index (χ4v) is 1.00. The van der Waals surface area contributed by atoms with Gasteiger partial charge >= 0.3 is 5.97 Å². The van der Waals surface area contributed by atoms with E-state index in [4.69, 9.17) is 9.84 Å². The second kappa shape index (κ2) is 3.94. The molecule has 13 heavy (non-hydrogen) atoms. The molecule has 0 aliphatic carbocycles. The minimum Gasteiger partial charge on any atom is -0.482 e. The van der Waals surface area contributed by atoms with Crippen LogP contribution in [0.2, 0.25) is 0 Å². The molecule has 0 saturated heterocycles. The Labute approximate surface area is 77.0 Å². The molecule has 0 amide bonds. The van der Waals surface area contributed by atoms with Crippen LogP contribution in [0.1, 0.15) is 11.1 Å². The van der Waals surface area contributed by atoms with Crippen molar-refractivity contribution in [1.29, 1.82) is 0 Å². The predicted molar refractivity (Wildman–Crippen MR) is 49.0 cm³/mol. The molecule has 0 saturated carbocycles. The molecule has 1 aromatic carbocycles. The number of carboxylic acids is 1. The smallest absolute Gasteiger partial charge is 0.341 e. The Bertz CT molecular complexity index is 318. The topological polar surface area (TPSA) is 46.5 Å². The van der Waals surface area contributed by atoms with Crippen molar-refractivity contribution in [2.75, 3.05) is 6.61 Å². The minimum absolute atomic E-state index is 0.287. The molecule has 3 heteroatoms. The van der Waals surface area contributed by atoms with E-state index >= 15 is 0 Å². The maximum atomic E-state index is 10.2. The second-order valence-corrected chi connectivity index (χ2v) is 2.95. The zero-order valence-electron chi connectivity index (χ0n) is 7.70. The van der Waals surface area contributed by atoms with Crippen LogP contribution >= 0.6 is 0 Å². The Balaban J connectivity index is 2.75. The molecule has 1 N–H and O–H groups in total. The molecular formula is C10H12O3. The quantitative estimate of drug-likeness (QED) is 0.771. The predicted octanol–water partition coefficient (Wildman–Crippen LogP) is 1.77. The van der Waals surface area contributed by atoms with Gasteiger partial charge in [-0.2, -0.15) is 0 Å². The first kappa shape index (κ1) is 9.58. The van der Waals surface area contributed by atoms with Crippen LogP contribution in [0.25, 0.3) is 0 Å². The maximum Gasteiger partial charge on any atom is 0.341 e. The molecule has 0 heterocycles. The Morgan fingerprint density at radius 3 is 2.77 bits per heavy atom. The standard InChI is InChI=1S/C10H12O3/c1-7-3-4-8(2)9(5-7)13-6-10(11)12/h3-5H,6H2,1-2H3,(H,11,12).